The van der Waals surface area contributed by atoms with Crippen LogP contribution in [0.3, 0.4) is 0 Å². The van der Waals surface area contributed by atoms with Gasteiger partial charge in [-0.15, -0.1) is 0 Å². The number of ether oxygens (including phenoxy) is 1. The first-order valence-corrected chi connectivity index (χ1v) is 3.40. The van der Waals surface area contributed by atoms with E-state index in [2.05, 4.69) is 0 Å². The average molecular weight is 154 g/mol. The third-order valence-electron chi connectivity index (χ3n) is 1.40. The fraction of sp³-hybridized carbons (Fsp3) is 0.375. The Kier molecular flexibility index (Phi) is 2.31. The van der Waals surface area contributed by atoms with Crippen molar-refractivity contribution in [2.24, 2.45) is 0 Å². The molecule has 0 unspecified atom stereocenters. The maximum absolute atomic E-state index is 10.3. The molecule has 1 rings (SSSR count). The van der Waals surface area contributed by atoms with Gasteiger partial charge in [0.05, 0.1) is 12.2 Å². The van der Waals surface area contributed by atoms with Crippen molar-refractivity contribution in [2.75, 3.05) is 6.61 Å². The zero-order valence-corrected chi connectivity index (χ0v) is 6.33. The molecule has 0 fully saturated rings. The van der Waals surface area contributed by atoms with E-state index in [9.17, 15) is 4.79 Å². The Morgan fingerprint density at radius 2 is 2.55 bits per heavy atom. The van der Waals surface area contributed by atoms with Crippen LogP contribution in [-0.2, 0) is 9.53 Å². The maximum atomic E-state index is 10.3. The van der Waals surface area contributed by atoms with Crippen LogP contribution in [0.2, 0.25) is 0 Å². The van der Waals surface area contributed by atoms with E-state index in [4.69, 9.17) is 9.84 Å². The van der Waals surface area contributed by atoms with Crippen molar-refractivity contribution in [1.82, 2.24) is 0 Å². The molecule has 1 aliphatic heterocycles. The summed E-state index contributed by atoms with van der Waals surface area (Å²) in [7, 11) is 0. The van der Waals surface area contributed by atoms with E-state index in [1.54, 1.807) is 12.2 Å². The minimum absolute atomic E-state index is 0.0840. The molecule has 0 bridgehead atoms. The molecule has 0 spiro atoms. The normalized spacial score (nSPS) is 16.5. The summed E-state index contributed by atoms with van der Waals surface area (Å²) in [4.78, 5) is 10.3. The van der Waals surface area contributed by atoms with Gasteiger partial charge in [-0.05, 0) is 24.6 Å². The van der Waals surface area contributed by atoms with E-state index in [1.165, 1.54) is 0 Å². The van der Waals surface area contributed by atoms with Gasteiger partial charge >= 0.3 is 5.97 Å². The lowest BCUT2D eigenvalue weighted by Crippen LogP contribution is -2.02. The molecule has 0 saturated heterocycles. The van der Waals surface area contributed by atoms with Gasteiger partial charge in [-0.2, -0.15) is 0 Å². The van der Waals surface area contributed by atoms with Crippen molar-refractivity contribution < 1.29 is 14.6 Å². The second kappa shape index (κ2) is 3.23. The van der Waals surface area contributed by atoms with Gasteiger partial charge in [-0.3, -0.25) is 4.79 Å². The quantitative estimate of drug-likeness (QED) is 0.652. The third kappa shape index (κ3) is 2.45. The molecule has 1 heterocycles. The zero-order valence-electron chi connectivity index (χ0n) is 6.33. The third-order valence-corrected chi connectivity index (χ3v) is 1.40. The van der Waals surface area contributed by atoms with Gasteiger partial charge in [0, 0.05) is 0 Å². The van der Waals surface area contributed by atoms with E-state index < -0.39 is 5.97 Å². The Balaban J connectivity index is 2.59. The summed E-state index contributed by atoms with van der Waals surface area (Å²) in [6, 6.07) is 0. The van der Waals surface area contributed by atoms with Crippen molar-refractivity contribution in [2.45, 2.75) is 13.3 Å². The maximum Gasteiger partial charge on any atom is 0.307 e. The van der Waals surface area contributed by atoms with E-state index in [0.29, 0.717) is 6.61 Å². The molecule has 0 aromatic carbocycles. The first-order valence-electron chi connectivity index (χ1n) is 3.40. The summed E-state index contributed by atoms with van der Waals surface area (Å²) in [6.07, 6.45) is 3.61. The van der Waals surface area contributed by atoms with E-state index in [0.717, 1.165) is 11.3 Å². The van der Waals surface area contributed by atoms with Gasteiger partial charge in [-0.25, -0.2) is 0 Å². The Morgan fingerprint density at radius 3 is 3.09 bits per heavy atom. The molecular formula is C8H10O3. The molecule has 11 heavy (non-hydrogen) atoms. The lowest BCUT2D eigenvalue weighted by molar-refractivity contribution is -0.136. The molecule has 3 nitrogen and oxygen atoms in total. The lowest BCUT2D eigenvalue weighted by Gasteiger charge is -2.10. The fourth-order valence-corrected chi connectivity index (χ4v) is 0.940. The Labute approximate surface area is 65.0 Å². The van der Waals surface area contributed by atoms with Crippen LogP contribution in [0.15, 0.2) is 23.5 Å². The van der Waals surface area contributed by atoms with E-state index >= 15 is 0 Å². The van der Waals surface area contributed by atoms with Gasteiger partial charge < -0.3 is 9.84 Å². The van der Waals surface area contributed by atoms with Crippen LogP contribution in [0, 0.1) is 0 Å². The summed E-state index contributed by atoms with van der Waals surface area (Å²) in [5, 5.41) is 8.44. The number of hydrogen-bond donors (Lipinski definition) is 1. The Hall–Kier alpha value is -1.25. The molecule has 60 valence electrons. The average Bonchev–Trinajstić information content (AvgIpc) is 1.85. The number of hydrogen-bond acceptors (Lipinski definition) is 2. The van der Waals surface area contributed by atoms with E-state index in [1.807, 2.05) is 6.92 Å². The van der Waals surface area contributed by atoms with Crippen LogP contribution in [0.4, 0.5) is 0 Å². The Morgan fingerprint density at radius 1 is 1.82 bits per heavy atom. The molecule has 0 amide bonds. The molecule has 0 saturated carbocycles. The minimum Gasteiger partial charge on any atom is -0.494 e. The number of rotatable bonds is 2. The predicted molar refractivity (Wildman–Crippen MR) is 40.0 cm³/mol. The number of carboxylic acid groups (broad SMARTS) is 1. The van der Waals surface area contributed by atoms with Crippen LogP contribution in [0.25, 0.3) is 0 Å². The van der Waals surface area contributed by atoms with Gasteiger partial charge in [0.15, 0.2) is 0 Å². The molecule has 0 atom stereocenters. The molecule has 0 aliphatic carbocycles. The highest BCUT2D eigenvalue weighted by atomic mass is 16.5. The summed E-state index contributed by atoms with van der Waals surface area (Å²) in [5.41, 5.74) is 0.821. The van der Waals surface area contributed by atoms with Crippen molar-refractivity contribution in [3.05, 3.63) is 23.5 Å². The number of aliphatic carboxylic acids is 1. The second-order valence-corrected chi connectivity index (χ2v) is 2.42. The Bertz CT molecular complexity index is 225. The van der Waals surface area contributed by atoms with E-state index in [-0.39, 0.29) is 6.42 Å². The predicted octanol–water partition coefficient (Wildman–Crippen LogP) is 1.32. The minimum atomic E-state index is -0.804. The smallest absolute Gasteiger partial charge is 0.307 e. The van der Waals surface area contributed by atoms with Crippen LogP contribution < -0.4 is 0 Å². The van der Waals surface area contributed by atoms with Gasteiger partial charge in [0.1, 0.15) is 6.61 Å². The summed E-state index contributed by atoms with van der Waals surface area (Å²) < 4.78 is 5.08. The molecule has 0 aromatic rings. The van der Waals surface area contributed by atoms with Crippen molar-refractivity contribution in [3.8, 4) is 0 Å². The standard InChI is InChI=1S/C8H10O3/c1-6-4-7(2-3-11-6)5-8(9)10/h2,4H,3,5H2,1H3,(H,9,10). The number of allylic oxidation sites excluding steroid dienone is 2. The molecule has 0 radical (unpaired) electrons. The summed E-state index contributed by atoms with van der Waals surface area (Å²) in [5.74, 6) is -0.0223. The highest BCUT2D eigenvalue weighted by Gasteiger charge is 2.05. The number of carbonyl (C=O) groups is 1. The van der Waals surface area contributed by atoms with Crippen LogP contribution in [-0.4, -0.2) is 17.7 Å². The molecule has 1 N–H and O–H groups in total. The van der Waals surface area contributed by atoms with Gasteiger partial charge in [-0.1, -0.05) is 0 Å². The van der Waals surface area contributed by atoms with Crippen molar-refractivity contribution in [1.29, 1.82) is 0 Å². The topological polar surface area (TPSA) is 46.5 Å². The van der Waals surface area contributed by atoms with Crippen LogP contribution in [0.5, 0.6) is 0 Å². The molecular weight excluding hydrogens is 144 g/mol. The second-order valence-electron chi connectivity index (χ2n) is 2.42. The fourth-order valence-electron chi connectivity index (χ4n) is 0.940. The highest BCUT2D eigenvalue weighted by Crippen LogP contribution is 2.12. The SMILES string of the molecule is CC1=CC(CC(=O)O)=CCO1. The highest BCUT2D eigenvalue weighted by molar-refractivity contribution is 5.71. The van der Waals surface area contributed by atoms with Crippen molar-refractivity contribution >= 4 is 5.97 Å². The van der Waals surface area contributed by atoms with Crippen molar-refractivity contribution in [3.63, 3.8) is 0 Å². The lowest BCUT2D eigenvalue weighted by atomic mass is 10.1. The monoisotopic (exact) mass is 154 g/mol. The van der Waals surface area contributed by atoms with Gasteiger partial charge in [0.25, 0.3) is 0 Å². The van der Waals surface area contributed by atoms with Gasteiger partial charge in [0.2, 0.25) is 0 Å². The first-order chi connectivity index (χ1) is 5.18. The zero-order chi connectivity index (χ0) is 8.27. The summed E-state index contributed by atoms with van der Waals surface area (Å²) >= 11 is 0. The van der Waals surface area contributed by atoms with Crippen LogP contribution in [0.1, 0.15) is 13.3 Å². The van der Waals surface area contributed by atoms with Crippen LogP contribution >= 0.6 is 0 Å². The number of carboxylic acids is 1. The molecule has 1 aliphatic rings. The largest absolute Gasteiger partial charge is 0.494 e. The molecule has 3 heteroatoms. The summed E-state index contributed by atoms with van der Waals surface area (Å²) in [6.45, 7) is 2.31. The molecule has 0 aromatic heterocycles. The first kappa shape index (κ1) is 7.85.